The van der Waals surface area contributed by atoms with Gasteiger partial charge in [0.15, 0.2) is 0 Å². The molecule has 10 heteroatoms. The summed E-state index contributed by atoms with van der Waals surface area (Å²) in [7, 11) is 1.58. The van der Waals surface area contributed by atoms with Gasteiger partial charge < -0.3 is 15.0 Å². The standard InChI is InChI=1S/C20H22BrN5O3S/c1-12-4-3-7-25(11-12)20-24-26-15(9-17(27)23-19(26)30-20)18(28)22-10-13-8-14(21)5-6-16(13)29-2/h5-6,8-9,12H,3-4,7,10-11H2,1-2H3,(H,22,28)/t12-/m1/s1. The molecule has 1 N–H and O–H groups in total. The first-order valence-corrected chi connectivity index (χ1v) is 11.3. The van der Waals surface area contributed by atoms with Gasteiger partial charge in [-0.2, -0.15) is 9.50 Å². The number of benzene rings is 1. The van der Waals surface area contributed by atoms with E-state index in [-0.39, 0.29) is 12.2 Å². The molecule has 0 spiro atoms. The molecule has 0 bridgehead atoms. The Bertz CT molecular complexity index is 1150. The van der Waals surface area contributed by atoms with Gasteiger partial charge in [0.05, 0.1) is 7.11 Å². The summed E-state index contributed by atoms with van der Waals surface area (Å²) >= 11 is 4.76. The second-order valence-electron chi connectivity index (χ2n) is 7.39. The van der Waals surface area contributed by atoms with Gasteiger partial charge in [0.1, 0.15) is 11.4 Å². The fraction of sp³-hybridized carbons (Fsp3) is 0.400. The molecule has 0 saturated carbocycles. The third-order valence-corrected chi connectivity index (χ3v) is 6.55. The molecular weight excluding hydrogens is 470 g/mol. The van der Waals surface area contributed by atoms with Gasteiger partial charge in [0, 0.05) is 35.7 Å². The van der Waals surface area contributed by atoms with Crippen molar-refractivity contribution in [2.24, 2.45) is 5.92 Å². The Hall–Kier alpha value is -2.46. The zero-order valence-electron chi connectivity index (χ0n) is 16.7. The van der Waals surface area contributed by atoms with Crippen molar-refractivity contribution in [1.29, 1.82) is 0 Å². The first kappa shape index (κ1) is 20.8. The van der Waals surface area contributed by atoms with Crippen molar-refractivity contribution in [2.45, 2.75) is 26.3 Å². The van der Waals surface area contributed by atoms with Crippen molar-refractivity contribution in [3.63, 3.8) is 0 Å². The van der Waals surface area contributed by atoms with E-state index in [2.05, 4.69) is 43.2 Å². The maximum Gasteiger partial charge on any atom is 0.274 e. The number of halogens is 1. The number of anilines is 1. The SMILES string of the molecule is COc1ccc(Br)cc1CNC(=O)c1cc(=O)nc2sc(N3CCC[C@@H](C)C3)nn12. The number of carbonyl (C=O) groups is 1. The average Bonchev–Trinajstić information content (AvgIpc) is 3.15. The predicted molar refractivity (Wildman–Crippen MR) is 120 cm³/mol. The van der Waals surface area contributed by atoms with Gasteiger partial charge in [-0.3, -0.25) is 9.59 Å². The Balaban J connectivity index is 1.61. The summed E-state index contributed by atoms with van der Waals surface area (Å²) < 4.78 is 7.70. The number of nitrogens with one attached hydrogen (secondary N) is 1. The predicted octanol–water partition coefficient (Wildman–Crippen LogP) is 3.09. The number of methoxy groups -OCH3 is 1. The Morgan fingerprint density at radius 3 is 3.00 bits per heavy atom. The third-order valence-electron chi connectivity index (χ3n) is 5.09. The summed E-state index contributed by atoms with van der Waals surface area (Å²) in [6.07, 6.45) is 2.30. The number of hydrogen-bond donors (Lipinski definition) is 1. The van der Waals surface area contributed by atoms with E-state index in [0.29, 0.717) is 16.6 Å². The number of hydrogen-bond acceptors (Lipinski definition) is 7. The van der Waals surface area contributed by atoms with Crippen LogP contribution in [-0.4, -0.2) is 40.7 Å². The van der Waals surface area contributed by atoms with Crippen LogP contribution >= 0.6 is 27.3 Å². The van der Waals surface area contributed by atoms with E-state index >= 15 is 0 Å². The minimum absolute atomic E-state index is 0.173. The fourth-order valence-corrected chi connectivity index (χ4v) is 4.96. The molecule has 1 aliphatic rings. The van der Waals surface area contributed by atoms with Crippen molar-refractivity contribution in [2.75, 3.05) is 25.1 Å². The van der Waals surface area contributed by atoms with E-state index in [1.54, 1.807) is 7.11 Å². The van der Waals surface area contributed by atoms with Crippen molar-refractivity contribution in [3.8, 4) is 5.75 Å². The van der Waals surface area contributed by atoms with Crippen LogP contribution < -0.4 is 20.5 Å². The summed E-state index contributed by atoms with van der Waals surface area (Å²) in [6.45, 7) is 4.30. The monoisotopic (exact) mass is 491 g/mol. The minimum atomic E-state index is -0.456. The highest BCUT2D eigenvalue weighted by Gasteiger charge is 2.22. The van der Waals surface area contributed by atoms with Crippen LogP contribution in [0.1, 0.15) is 35.8 Å². The molecule has 3 aromatic rings. The molecule has 0 aliphatic carbocycles. The number of amides is 1. The average molecular weight is 492 g/mol. The van der Waals surface area contributed by atoms with E-state index in [1.807, 2.05) is 18.2 Å². The number of carbonyl (C=O) groups excluding carboxylic acids is 1. The molecule has 1 fully saturated rings. The summed E-state index contributed by atoms with van der Waals surface area (Å²) in [4.78, 5) is 31.7. The van der Waals surface area contributed by atoms with Gasteiger partial charge in [-0.25, -0.2) is 0 Å². The lowest BCUT2D eigenvalue weighted by Crippen LogP contribution is -2.34. The molecule has 1 atom stereocenters. The van der Waals surface area contributed by atoms with Crippen LogP contribution in [0.25, 0.3) is 4.96 Å². The number of aromatic nitrogens is 3. The number of nitrogens with zero attached hydrogens (tertiary/aromatic N) is 4. The third kappa shape index (κ3) is 4.34. The quantitative estimate of drug-likeness (QED) is 0.589. The molecular formula is C20H22BrN5O3S. The summed E-state index contributed by atoms with van der Waals surface area (Å²) in [6, 6.07) is 6.80. The van der Waals surface area contributed by atoms with Crippen LogP contribution in [0.3, 0.4) is 0 Å². The molecule has 1 aromatic carbocycles. The van der Waals surface area contributed by atoms with Gasteiger partial charge in [-0.1, -0.05) is 34.2 Å². The molecule has 158 valence electrons. The minimum Gasteiger partial charge on any atom is -0.496 e. The van der Waals surface area contributed by atoms with Gasteiger partial charge in [-0.05, 0) is 37.0 Å². The zero-order chi connectivity index (χ0) is 21.3. The Morgan fingerprint density at radius 2 is 2.23 bits per heavy atom. The normalized spacial score (nSPS) is 16.6. The lowest BCUT2D eigenvalue weighted by atomic mass is 10.0. The first-order chi connectivity index (χ1) is 14.4. The highest BCUT2D eigenvalue weighted by molar-refractivity contribution is 9.10. The first-order valence-electron chi connectivity index (χ1n) is 9.71. The van der Waals surface area contributed by atoms with Crippen molar-refractivity contribution in [1.82, 2.24) is 19.9 Å². The summed E-state index contributed by atoms with van der Waals surface area (Å²) in [5.41, 5.74) is 0.535. The van der Waals surface area contributed by atoms with Crippen LogP contribution in [0.5, 0.6) is 5.75 Å². The van der Waals surface area contributed by atoms with Crippen LogP contribution in [0.15, 0.2) is 33.5 Å². The molecule has 8 nitrogen and oxygen atoms in total. The Morgan fingerprint density at radius 1 is 1.40 bits per heavy atom. The number of ether oxygens (including phenoxy) is 1. The zero-order valence-corrected chi connectivity index (χ0v) is 19.1. The number of fused-ring (bicyclic) bond motifs is 1. The van der Waals surface area contributed by atoms with Crippen molar-refractivity contribution < 1.29 is 9.53 Å². The van der Waals surface area contributed by atoms with Crippen molar-refractivity contribution in [3.05, 3.63) is 50.3 Å². The van der Waals surface area contributed by atoms with E-state index in [4.69, 9.17) is 4.74 Å². The molecule has 0 unspecified atom stereocenters. The lowest BCUT2D eigenvalue weighted by Gasteiger charge is -2.30. The van der Waals surface area contributed by atoms with Gasteiger partial charge in [-0.15, -0.1) is 5.10 Å². The van der Waals surface area contributed by atoms with Gasteiger partial charge in [0.25, 0.3) is 11.5 Å². The van der Waals surface area contributed by atoms with Crippen LogP contribution in [0.4, 0.5) is 5.13 Å². The summed E-state index contributed by atoms with van der Waals surface area (Å²) in [5.74, 6) is 0.864. The highest BCUT2D eigenvalue weighted by Crippen LogP contribution is 2.27. The molecule has 3 heterocycles. The maximum absolute atomic E-state index is 12.9. The molecule has 0 radical (unpaired) electrons. The van der Waals surface area contributed by atoms with Gasteiger partial charge in [0.2, 0.25) is 10.1 Å². The van der Waals surface area contributed by atoms with Crippen LogP contribution in [0.2, 0.25) is 0 Å². The topological polar surface area (TPSA) is 88.8 Å². The van der Waals surface area contributed by atoms with E-state index < -0.39 is 11.5 Å². The fourth-order valence-electron chi connectivity index (χ4n) is 3.61. The molecule has 4 rings (SSSR count). The molecule has 2 aromatic heterocycles. The Labute approximate surface area is 186 Å². The summed E-state index contributed by atoms with van der Waals surface area (Å²) in [5, 5.41) is 8.24. The lowest BCUT2D eigenvalue weighted by molar-refractivity contribution is 0.0943. The van der Waals surface area contributed by atoms with Gasteiger partial charge >= 0.3 is 0 Å². The number of piperidine rings is 1. The van der Waals surface area contributed by atoms with Crippen molar-refractivity contribution >= 4 is 43.3 Å². The molecule has 1 saturated heterocycles. The molecule has 1 aliphatic heterocycles. The second kappa shape index (κ2) is 8.73. The maximum atomic E-state index is 12.9. The second-order valence-corrected chi connectivity index (χ2v) is 9.24. The van der Waals surface area contributed by atoms with E-state index in [9.17, 15) is 9.59 Å². The number of rotatable bonds is 5. The smallest absolute Gasteiger partial charge is 0.274 e. The van der Waals surface area contributed by atoms with Crippen LogP contribution in [-0.2, 0) is 6.54 Å². The molecule has 30 heavy (non-hydrogen) atoms. The highest BCUT2D eigenvalue weighted by atomic mass is 79.9. The van der Waals surface area contributed by atoms with E-state index in [1.165, 1.54) is 28.3 Å². The molecule has 1 amide bonds. The van der Waals surface area contributed by atoms with Crippen LogP contribution in [0, 0.1) is 5.92 Å². The van der Waals surface area contributed by atoms with E-state index in [0.717, 1.165) is 34.7 Å². The Kier molecular flexibility index (Phi) is 6.05. The largest absolute Gasteiger partial charge is 0.496 e.